The number of aromatic amines is 1. The largest absolute Gasteiger partial charge is 0.449 e. The molecule has 0 saturated heterocycles. The highest BCUT2D eigenvalue weighted by Crippen LogP contribution is 2.44. The predicted octanol–water partition coefficient (Wildman–Crippen LogP) is 3.85. The molecule has 35 heavy (non-hydrogen) atoms. The van der Waals surface area contributed by atoms with Gasteiger partial charge in [-0.3, -0.25) is 4.79 Å². The lowest BCUT2D eigenvalue weighted by atomic mass is 9.98. The number of para-hydroxylation sites is 1. The van der Waals surface area contributed by atoms with Gasteiger partial charge in [-0.05, 0) is 34.7 Å². The molecule has 1 aliphatic carbocycles. The maximum Gasteiger partial charge on any atom is 0.407 e. The summed E-state index contributed by atoms with van der Waals surface area (Å²) in [6.45, 7) is 0.324. The van der Waals surface area contributed by atoms with Crippen molar-refractivity contribution in [2.24, 2.45) is 0 Å². The minimum Gasteiger partial charge on any atom is -0.449 e. The van der Waals surface area contributed by atoms with Gasteiger partial charge in [-0.15, -0.1) is 0 Å². The molecule has 1 heterocycles. The standard InChI is InChI=1S/C28H26N2O5/c31-24-12-14-29-26-21(24)10-5-11-22(26)27(33)25(32)13-15-30-28(34)35-16-23-19-8-3-1-6-17(19)18-7-2-4-9-20(18)23/h1-12,14,23,25,27,32-33H,13,15-16H2,(H,29,31)(H,30,34). The molecule has 3 aromatic carbocycles. The second-order valence-electron chi connectivity index (χ2n) is 8.66. The number of ether oxygens (including phenoxy) is 1. The van der Waals surface area contributed by atoms with Crippen molar-refractivity contribution in [1.82, 2.24) is 10.3 Å². The number of rotatable bonds is 7. The quantitative estimate of drug-likeness (QED) is 0.328. The summed E-state index contributed by atoms with van der Waals surface area (Å²) in [5.74, 6) is -0.0333. The number of carbonyl (C=O) groups is 1. The van der Waals surface area contributed by atoms with Gasteiger partial charge in [0.25, 0.3) is 0 Å². The van der Waals surface area contributed by atoms with Gasteiger partial charge < -0.3 is 25.3 Å². The van der Waals surface area contributed by atoms with Gasteiger partial charge in [-0.25, -0.2) is 4.79 Å². The fraction of sp³-hybridized carbons (Fsp3) is 0.214. The Bertz CT molecular complexity index is 1380. The molecule has 0 radical (unpaired) electrons. The summed E-state index contributed by atoms with van der Waals surface area (Å²) in [6, 6.07) is 22.6. The molecule has 178 valence electrons. The highest BCUT2D eigenvalue weighted by atomic mass is 16.5. The first-order valence-corrected chi connectivity index (χ1v) is 11.6. The number of carbonyl (C=O) groups excluding carboxylic acids is 1. The number of amides is 1. The van der Waals surface area contributed by atoms with Crippen LogP contribution in [0.1, 0.15) is 35.1 Å². The number of fused-ring (bicyclic) bond motifs is 4. The van der Waals surface area contributed by atoms with Crippen LogP contribution in [0.5, 0.6) is 0 Å². The summed E-state index contributed by atoms with van der Waals surface area (Å²) < 4.78 is 5.50. The molecule has 1 aliphatic rings. The summed E-state index contributed by atoms with van der Waals surface area (Å²) in [4.78, 5) is 27.3. The number of hydrogen-bond donors (Lipinski definition) is 4. The Morgan fingerprint density at radius 3 is 2.34 bits per heavy atom. The number of H-pyrrole nitrogens is 1. The third kappa shape index (κ3) is 4.43. The van der Waals surface area contributed by atoms with Crippen LogP contribution in [0.25, 0.3) is 22.0 Å². The van der Waals surface area contributed by atoms with E-state index in [1.807, 2.05) is 24.3 Å². The van der Waals surface area contributed by atoms with Crippen LogP contribution < -0.4 is 10.7 Å². The average Bonchev–Trinajstić information content (AvgIpc) is 3.20. The number of aromatic nitrogens is 1. The van der Waals surface area contributed by atoms with Crippen LogP contribution in [-0.4, -0.2) is 40.5 Å². The third-order valence-electron chi connectivity index (χ3n) is 6.56. The summed E-state index contributed by atoms with van der Waals surface area (Å²) in [5, 5.41) is 24.2. The van der Waals surface area contributed by atoms with Crippen LogP contribution in [0.2, 0.25) is 0 Å². The van der Waals surface area contributed by atoms with E-state index in [1.165, 1.54) is 12.3 Å². The Hall–Kier alpha value is -3.94. The zero-order chi connectivity index (χ0) is 24.4. The fourth-order valence-corrected chi connectivity index (χ4v) is 4.81. The van der Waals surface area contributed by atoms with E-state index in [-0.39, 0.29) is 30.9 Å². The van der Waals surface area contributed by atoms with Gasteiger partial charge in [-0.2, -0.15) is 0 Å². The summed E-state index contributed by atoms with van der Waals surface area (Å²) >= 11 is 0. The zero-order valence-corrected chi connectivity index (χ0v) is 19.0. The molecule has 5 rings (SSSR count). The Morgan fingerprint density at radius 1 is 0.943 bits per heavy atom. The van der Waals surface area contributed by atoms with E-state index in [1.54, 1.807) is 18.2 Å². The third-order valence-corrected chi connectivity index (χ3v) is 6.56. The number of alkyl carbamates (subject to hydrolysis) is 1. The summed E-state index contributed by atoms with van der Waals surface area (Å²) in [6.07, 6.45) is -1.33. The van der Waals surface area contributed by atoms with E-state index in [0.29, 0.717) is 16.5 Å². The van der Waals surface area contributed by atoms with Crippen molar-refractivity contribution in [1.29, 1.82) is 0 Å². The van der Waals surface area contributed by atoms with E-state index < -0.39 is 18.3 Å². The summed E-state index contributed by atoms with van der Waals surface area (Å²) in [7, 11) is 0. The molecule has 2 atom stereocenters. The van der Waals surface area contributed by atoms with E-state index in [4.69, 9.17) is 4.74 Å². The average molecular weight is 471 g/mol. The summed E-state index contributed by atoms with van der Waals surface area (Å²) in [5.41, 5.74) is 5.32. The molecule has 0 spiro atoms. The molecule has 0 bridgehead atoms. The van der Waals surface area contributed by atoms with Crippen molar-refractivity contribution in [3.63, 3.8) is 0 Å². The smallest absolute Gasteiger partial charge is 0.407 e. The van der Waals surface area contributed by atoms with Crippen LogP contribution in [-0.2, 0) is 4.74 Å². The lowest BCUT2D eigenvalue weighted by molar-refractivity contribution is 0.0144. The Labute approximate surface area is 202 Å². The SMILES string of the molecule is O=C(NCCC(O)C(O)c1cccc2c(=O)cc[nH]c12)OCC1c2ccccc2-c2ccccc21. The highest BCUT2D eigenvalue weighted by Gasteiger charge is 2.29. The van der Waals surface area contributed by atoms with Crippen LogP contribution in [0.15, 0.2) is 83.8 Å². The Balaban J connectivity index is 1.16. The molecule has 0 fully saturated rings. The van der Waals surface area contributed by atoms with Crippen LogP contribution in [0.3, 0.4) is 0 Å². The first-order chi connectivity index (χ1) is 17.0. The van der Waals surface area contributed by atoms with Gasteiger partial charge in [0.2, 0.25) is 0 Å². The normalized spacial score (nSPS) is 14.2. The van der Waals surface area contributed by atoms with Crippen molar-refractivity contribution in [2.75, 3.05) is 13.2 Å². The van der Waals surface area contributed by atoms with E-state index >= 15 is 0 Å². The monoisotopic (exact) mass is 470 g/mol. The molecule has 2 unspecified atom stereocenters. The number of pyridine rings is 1. The lowest BCUT2D eigenvalue weighted by Crippen LogP contribution is -2.30. The molecule has 4 N–H and O–H groups in total. The van der Waals surface area contributed by atoms with Gasteiger partial charge in [0.15, 0.2) is 5.43 Å². The highest BCUT2D eigenvalue weighted by molar-refractivity contribution is 5.82. The first kappa shape index (κ1) is 22.8. The van der Waals surface area contributed by atoms with Gasteiger partial charge in [0.1, 0.15) is 12.7 Å². The van der Waals surface area contributed by atoms with E-state index in [0.717, 1.165) is 22.3 Å². The molecular weight excluding hydrogens is 444 g/mol. The zero-order valence-electron chi connectivity index (χ0n) is 19.0. The van der Waals surface area contributed by atoms with Crippen LogP contribution in [0, 0.1) is 0 Å². The van der Waals surface area contributed by atoms with Gasteiger partial charge in [0, 0.05) is 35.7 Å². The van der Waals surface area contributed by atoms with Crippen molar-refractivity contribution >= 4 is 17.0 Å². The maximum atomic E-state index is 12.3. The second-order valence-corrected chi connectivity index (χ2v) is 8.66. The minimum atomic E-state index is -1.22. The molecule has 1 amide bonds. The van der Waals surface area contributed by atoms with Crippen molar-refractivity contribution in [3.05, 3.63) is 106 Å². The molecular formula is C28H26N2O5. The lowest BCUT2D eigenvalue weighted by Gasteiger charge is -2.20. The first-order valence-electron chi connectivity index (χ1n) is 11.6. The molecule has 1 aromatic heterocycles. The van der Waals surface area contributed by atoms with Crippen molar-refractivity contribution in [3.8, 4) is 11.1 Å². The number of nitrogens with one attached hydrogen (secondary N) is 2. The van der Waals surface area contributed by atoms with E-state index in [2.05, 4.69) is 34.6 Å². The maximum absolute atomic E-state index is 12.3. The fourth-order valence-electron chi connectivity index (χ4n) is 4.81. The van der Waals surface area contributed by atoms with E-state index in [9.17, 15) is 19.8 Å². The van der Waals surface area contributed by atoms with Crippen molar-refractivity contribution < 1.29 is 19.7 Å². The topological polar surface area (TPSA) is 112 Å². The minimum absolute atomic E-state index is 0.0333. The molecule has 0 aliphatic heterocycles. The Kier molecular flexibility index (Phi) is 6.35. The Morgan fingerprint density at radius 2 is 1.63 bits per heavy atom. The predicted molar refractivity (Wildman–Crippen MR) is 133 cm³/mol. The molecule has 4 aromatic rings. The number of aliphatic hydroxyl groups excluding tert-OH is 2. The van der Waals surface area contributed by atoms with Gasteiger partial charge >= 0.3 is 6.09 Å². The van der Waals surface area contributed by atoms with Gasteiger partial charge in [0.05, 0.1) is 11.6 Å². The van der Waals surface area contributed by atoms with Crippen molar-refractivity contribution in [2.45, 2.75) is 24.5 Å². The second kappa shape index (κ2) is 9.74. The van der Waals surface area contributed by atoms with Crippen LogP contribution in [0.4, 0.5) is 4.79 Å². The van der Waals surface area contributed by atoms with Gasteiger partial charge in [-0.1, -0.05) is 60.7 Å². The number of aliphatic hydroxyl groups is 2. The molecule has 7 nitrogen and oxygen atoms in total. The molecule has 7 heteroatoms. The number of benzene rings is 3. The number of hydrogen-bond acceptors (Lipinski definition) is 5. The molecule has 0 saturated carbocycles. The van der Waals surface area contributed by atoms with Crippen LogP contribution >= 0.6 is 0 Å².